The first-order valence-corrected chi connectivity index (χ1v) is 7.41. The van der Waals surface area contributed by atoms with Gasteiger partial charge in [0.15, 0.2) is 9.84 Å². The second kappa shape index (κ2) is 5.48. The van der Waals surface area contributed by atoms with Gasteiger partial charge in [-0.05, 0) is 20.3 Å². The summed E-state index contributed by atoms with van der Waals surface area (Å²) in [5, 5.41) is 0. The molecule has 17 heavy (non-hydrogen) atoms. The Labute approximate surface area is 101 Å². The van der Waals surface area contributed by atoms with Crippen LogP contribution in [0.15, 0.2) is 0 Å². The third kappa shape index (κ3) is 3.42. The van der Waals surface area contributed by atoms with E-state index in [1.54, 1.807) is 13.8 Å². The number of likely N-dealkylation sites (N-methyl/N-ethyl adjacent to an activating group) is 1. The van der Waals surface area contributed by atoms with Gasteiger partial charge < -0.3 is 9.64 Å². The van der Waals surface area contributed by atoms with Crippen LogP contribution in [0.3, 0.4) is 0 Å². The van der Waals surface area contributed by atoms with Crippen molar-refractivity contribution < 1.29 is 22.7 Å². The van der Waals surface area contributed by atoms with E-state index in [1.807, 2.05) is 0 Å². The zero-order valence-electron chi connectivity index (χ0n) is 10.0. The number of carbonyl (C=O) groups is 2. The van der Waals surface area contributed by atoms with E-state index in [0.29, 0.717) is 13.0 Å². The average Bonchev–Trinajstić information content (AvgIpc) is 2.60. The molecule has 1 saturated heterocycles. The molecule has 0 unspecified atom stereocenters. The van der Waals surface area contributed by atoms with Gasteiger partial charge in [-0.1, -0.05) is 0 Å². The number of sulfone groups is 1. The molecule has 1 heterocycles. The highest BCUT2D eigenvalue weighted by molar-refractivity contribution is 7.91. The van der Waals surface area contributed by atoms with Gasteiger partial charge >= 0.3 is 11.9 Å². The standard InChI is InChI=1S/C10H17NO5S/c1-3-11(9(12)10(13)16-4-2)8-5-6-17(14,15)7-8/h8H,3-7H2,1-2H3/t8-/m0/s1. The molecule has 0 bridgehead atoms. The van der Waals surface area contributed by atoms with E-state index in [2.05, 4.69) is 4.74 Å². The van der Waals surface area contributed by atoms with E-state index in [4.69, 9.17) is 0 Å². The fourth-order valence-electron chi connectivity index (χ4n) is 1.90. The van der Waals surface area contributed by atoms with Crippen LogP contribution in [0.1, 0.15) is 20.3 Å². The van der Waals surface area contributed by atoms with Crippen LogP contribution in [-0.4, -0.2) is 55.9 Å². The summed E-state index contributed by atoms with van der Waals surface area (Å²) in [5.41, 5.74) is 0. The molecule has 1 amide bonds. The molecular formula is C10H17NO5S. The molecule has 1 aliphatic rings. The van der Waals surface area contributed by atoms with Gasteiger partial charge in [0.25, 0.3) is 0 Å². The Morgan fingerprint density at radius 1 is 1.35 bits per heavy atom. The summed E-state index contributed by atoms with van der Waals surface area (Å²) >= 11 is 0. The fourth-order valence-corrected chi connectivity index (χ4v) is 3.63. The maximum absolute atomic E-state index is 11.7. The van der Waals surface area contributed by atoms with Gasteiger partial charge in [0.1, 0.15) is 0 Å². The molecule has 0 N–H and O–H groups in total. The van der Waals surface area contributed by atoms with Crippen molar-refractivity contribution in [2.24, 2.45) is 0 Å². The minimum atomic E-state index is -3.07. The molecule has 1 atom stereocenters. The van der Waals surface area contributed by atoms with Gasteiger partial charge in [0, 0.05) is 12.6 Å². The lowest BCUT2D eigenvalue weighted by molar-refractivity contribution is -0.160. The van der Waals surface area contributed by atoms with Crippen LogP contribution < -0.4 is 0 Å². The monoisotopic (exact) mass is 263 g/mol. The van der Waals surface area contributed by atoms with Crippen LogP contribution in [0.2, 0.25) is 0 Å². The highest BCUT2D eigenvalue weighted by Crippen LogP contribution is 2.17. The molecule has 1 aliphatic heterocycles. The fraction of sp³-hybridized carbons (Fsp3) is 0.800. The molecule has 0 aromatic rings. The molecule has 0 aromatic heterocycles. The largest absolute Gasteiger partial charge is 0.459 e. The van der Waals surface area contributed by atoms with Crippen LogP contribution in [0.25, 0.3) is 0 Å². The quantitative estimate of drug-likeness (QED) is 0.510. The van der Waals surface area contributed by atoms with E-state index in [-0.39, 0.29) is 18.1 Å². The highest BCUT2D eigenvalue weighted by Gasteiger charge is 2.36. The van der Waals surface area contributed by atoms with Crippen LogP contribution in [-0.2, 0) is 24.2 Å². The lowest BCUT2D eigenvalue weighted by Gasteiger charge is -2.25. The molecule has 0 saturated carbocycles. The summed E-state index contributed by atoms with van der Waals surface area (Å²) in [7, 11) is -3.07. The maximum atomic E-state index is 11.7. The second-order valence-electron chi connectivity index (χ2n) is 3.87. The summed E-state index contributed by atoms with van der Waals surface area (Å²) in [4.78, 5) is 24.3. The third-order valence-corrected chi connectivity index (χ3v) is 4.45. The summed E-state index contributed by atoms with van der Waals surface area (Å²) in [6.45, 7) is 3.76. The predicted octanol–water partition coefficient (Wildman–Crippen LogP) is -0.415. The third-order valence-electron chi connectivity index (χ3n) is 2.70. The Balaban J connectivity index is 2.72. The molecule has 98 valence electrons. The summed E-state index contributed by atoms with van der Waals surface area (Å²) in [6.07, 6.45) is 0.390. The first kappa shape index (κ1) is 14.0. The number of amides is 1. The lowest BCUT2D eigenvalue weighted by Crippen LogP contribution is -2.45. The zero-order chi connectivity index (χ0) is 13.1. The molecule has 7 heteroatoms. The second-order valence-corrected chi connectivity index (χ2v) is 6.10. The van der Waals surface area contributed by atoms with Crippen LogP contribution in [0, 0.1) is 0 Å². The van der Waals surface area contributed by atoms with E-state index >= 15 is 0 Å². The highest BCUT2D eigenvalue weighted by atomic mass is 32.2. The molecule has 1 fully saturated rings. The topological polar surface area (TPSA) is 80.8 Å². The normalized spacial score (nSPS) is 22.1. The summed E-state index contributed by atoms with van der Waals surface area (Å²) in [6, 6.07) is -0.401. The Kier molecular flexibility index (Phi) is 4.50. The van der Waals surface area contributed by atoms with E-state index in [1.165, 1.54) is 4.90 Å². The number of hydrogen-bond donors (Lipinski definition) is 0. The summed E-state index contributed by atoms with van der Waals surface area (Å²) in [5.74, 6) is -1.66. The van der Waals surface area contributed by atoms with Gasteiger partial charge in [-0.25, -0.2) is 13.2 Å². The van der Waals surface area contributed by atoms with Gasteiger partial charge in [-0.3, -0.25) is 4.79 Å². The number of hydrogen-bond acceptors (Lipinski definition) is 5. The molecule has 0 spiro atoms. The Hall–Kier alpha value is -1.11. The summed E-state index contributed by atoms with van der Waals surface area (Å²) < 4.78 is 27.3. The Bertz CT molecular complexity index is 403. The zero-order valence-corrected chi connectivity index (χ0v) is 10.8. The van der Waals surface area contributed by atoms with Crippen molar-refractivity contribution in [1.82, 2.24) is 4.90 Å². The maximum Gasteiger partial charge on any atom is 0.397 e. The minimum Gasteiger partial charge on any atom is -0.459 e. The van der Waals surface area contributed by atoms with Crippen molar-refractivity contribution >= 4 is 21.7 Å². The van der Waals surface area contributed by atoms with Crippen LogP contribution >= 0.6 is 0 Å². The number of carbonyl (C=O) groups excluding carboxylic acids is 2. The first-order chi connectivity index (χ1) is 7.91. The van der Waals surface area contributed by atoms with Crippen molar-refractivity contribution in [3.8, 4) is 0 Å². The smallest absolute Gasteiger partial charge is 0.397 e. The van der Waals surface area contributed by atoms with Gasteiger partial charge in [-0.2, -0.15) is 0 Å². The van der Waals surface area contributed by atoms with E-state index in [0.717, 1.165) is 0 Å². The first-order valence-electron chi connectivity index (χ1n) is 5.59. The minimum absolute atomic E-state index is 0.0635. The number of nitrogens with zero attached hydrogens (tertiary/aromatic N) is 1. The van der Waals surface area contributed by atoms with Gasteiger partial charge in [0.2, 0.25) is 0 Å². The van der Waals surface area contributed by atoms with Crippen LogP contribution in [0.5, 0.6) is 0 Å². The number of rotatable bonds is 3. The SMILES string of the molecule is CCOC(=O)C(=O)N(CC)[C@H]1CCS(=O)(=O)C1. The lowest BCUT2D eigenvalue weighted by atomic mass is 10.2. The predicted molar refractivity (Wildman–Crippen MR) is 61.1 cm³/mol. The van der Waals surface area contributed by atoms with Crippen molar-refractivity contribution in [1.29, 1.82) is 0 Å². The number of ether oxygens (including phenoxy) is 1. The molecule has 0 aromatic carbocycles. The number of esters is 1. The van der Waals surface area contributed by atoms with Crippen molar-refractivity contribution in [2.45, 2.75) is 26.3 Å². The molecule has 0 aliphatic carbocycles. The van der Waals surface area contributed by atoms with Crippen LogP contribution in [0.4, 0.5) is 0 Å². The van der Waals surface area contributed by atoms with Crippen molar-refractivity contribution in [3.63, 3.8) is 0 Å². The Morgan fingerprint density at radius 2 is 2.00 bits per heavy atom. The average molecular weight is 263 g/mol. The van der Waals surface area contributed by atoms with Gasteiger partial charge in [0.05, 0.1) is 18.1 Å². The van der Waals surface area contributed by atoms with E-state index < -0.39 is 27.8 Å². The van der Waals surface area contributed by atoms with Crippen molar-refractivity contribution in [2.75, 3.05) is 24.7 Å². The van der Waals surface area contributed by atoms with Crippen molar-refractivity contribution in [3.05, 3.63) is 0 Å². The molecular weight excluding hydrogens is 246 g/mol. The molecule has 0 radical (unpaired) electrons. The Morgan fingerprint density at radius 3 is 2.41 bits per heavy atom. The van der Waals surface area contributed by atoms with E-state index in [9.17, 15) is 18.0 Å². The van der Waals surface area contributed by atoms with Gasteiger partial charge in [-0.15, -0.1) is 0 Å². The molecule has 6 nitrogen and oxygen atoms in total. The molecule has 1 rings (SSSR count).